The lowest BCUT2D eigenvalue weighted by Crippen LogP contribution is -2.73. The highest BCUT2D eigenvalue weighted by molar-refractivity contribution is 6.30. The minimum absolute atomic E-state index is 0.0392. The summed E-state index contributed by atoms with van der Waals surface area (Å²) in [6, 6.07) is 7.53. The second-order valence-corrected chi connectivity index (χ2v) is 9.02. The van der Waals surface area contributed by atoms with Gasteiger partial charge in [-0.05, 0) is 49.3 Å². The third-order valence-electron chi connectivity index (χ3n) is 5.97. The predicted molar refractivity (Wildman–Crippen MR) is 112 cm³/mol. The molecule has 28 heavy (non-hydrogen) atoms. The van der Waals surface area contributed by atoms with Gasteiger partial charge in [0.15, 0.2) is 0 Å². The molecule has 1 aromatic carbocycles. The lowest BCUT2D eigenvalue weighted by Gasteiger charge is -2.52. The molecule has 1 N–H and O–H groups in total. The van der Waals surface area contributed by atoms with E-state index in [2.05, 4.69) is 31.0 Å². The number of piperidine rings is 1. The zero-order valence-corrected chi connectivity index (χ0v) is 18.0. The van der Waals surface area contributed by atoms with Crippen LogP contribution in [0.3, 0.4) is 0 Å². The van der Waals surface area contributed by atoms with Crippen molar-refractivity contribution in [1.29, 1.82) is 0 Å². The molecule has 3 rings (SSSR count). The molecular formula is C22H32ClN3O2. The average molecular weight is 406 g/mol. The third-order valence-corrected chi connectivity index (χ3v) is 6.22. The van der Waals surface area contributed by atoms with Crippen LogP contribution in [-0.2, 0) is 16.1 Å². The number of halogens is 1. The molecule has 0 saturated carbocycles. The number of rotatable bonds is 6. The lowest BCUT2D eigenvalue weighted by molar-refractivity contribution is -0.161. The van der Waals surface area contributed by atoms with E-state index >= 15 is 0 Å². The van der Waals surface area contributed by atoms with E-state index in [1.54, 1.807) is 0 Å². The van der Waals surface area contributed by atoms with Crippen LogP contribution in [0.4, 0.5) is 0 Å². The minimum atomic E-state index is -0.683. The van der Waals surface area contributed by atoms with Gasteiger partial charge in [0.25, 0.3) is 0 Å². The van der Waals surface area contributed by atoms with E-state index in [1.165, 1.54) is 5.56 Å². The zero-order chi connectivity index (χ0) is 20.3. The summed E-state index contributed by atoms with van der Waals surface area (Å²) in [4.78, 5) is 30.6. The van der Waals surface area contributed by atoms with E-state index in [-0.39, 0.29) is 17.9 Å². The maximum atomic E-state index is 13.2. The van der Waals surface area contributed by atoms with Crippen LogP contribution in [0.5, 0.6) is 0 Å². The van der Waals surface area contributed by atoms with Crippen molar-refractivity contribution >= 4 is 23.4 Å². The van der Waals surface area contributed by atoms with Gasteiger partial charge in [0.05, 0.1) is 0 Å². The molecule has 2 saturated heterocycles. The Morgan fingerprint density at radius 3 is 2.39 bits per heavy atom. The van der Waals surface area contributed by atoms with E-state index in [0.29, 0.717) is 31.7 Å². The topological polar surface area (TPSA) is 52.7 Å². The molecule has 0 radical (unpaired) electrons. The highest BCUT2D eigenvalue weighted by atomic mass is 35.5. The molecule has 1 atom stereocenters. The van der Waals surface area contributed by atoms with Crippen LogP contribution in [0.2, 0.25) is 5.02 Å². The Labute approximate surface area is 173 Å². The molecule has 0 bridgehead atoms. The smallest absolute Gasteiger partial charge is 0.246 e. The van der Waals surface area contributed by atoms with Gasteiger partial charge in [-0.2, -0.15) is 0 Å². The molecule has 2 fully saturated rings. The Morgan fingerprint density at radius 2 is 1.82 bits per heavy atom. The Hall–Kier alpha value is -1.59. The van der Waals surface area contributed by atoms with Gasteiger partial charge in [0.2, 0.25) is 11.8 Å². The number of likely N-dealkylation sites (tertiary alicyclic amines) is 1. The molecule has 2 heterocycles. The van der Waals surface area contributed by atoms with Crippen molar-refractivity contribution in [3.8, 4) is 0 Å². The van der Waals surface area contributed by atoms with Crippen LogP contribution >= 0.6 is 11.6 Å². The second-order valence-electron chi connectivity index (χ2n) is 8.58. The van der Waals surface area contributed by atoms with Gasteiger partial charge in [0, 0.05) is 31.2 Å². The van der Waals surface area contributed by atoms with Gasteiger partial charge in [-0.25, -0.2) is 0 Å². The van der Waals surface area contributed by atoms with Crippen molar-refractivity contribution in [2.75, 3.05) is 19.6 Å². The fourth-order valence-electron chi connectivity index (χ4n) is 4.48. The first-order valence-electron chi connectivity index (χ1n) is 10.4. The molecule has 6 heteroatoms. The van der Waals surface area contributed by atoms with Gasteiger partial charge in [0.1, 0.15) is 11.6 Å². The summed E-state index contributed by atoms with van der Waals surface area (Å²) in [5, 5.41) is 3.79. The summed E-state index contributed by atoms with van der Waals surface area (Å²) < 4.78 is 0. The van der Waals surface area contributed by atoms with Gasteiger partial charge < -0.3 is 10.2 Å². The monoisotopic (exact) mass is 405 g/mol. The lowest BCUT2D eigenvalue weighted by atomic mass is 9.80. The molecule has 0 unspecified atom stereocenters. The van der Waals surface area contributed by atoms with E-state index in [9.17, 15) is 9.59 Å². The number of carbonyl (C=O) groups is 2. The zero-order valence-electron chi connectivity index (χ0n) is 17.2. The van der Waals surface area contributed by atoms with E-state index in [0.717, 1.165) is 31.1 Å². The molecule has 0 aromatic heterocycles. The molecule has 1 spiro atoms. The molecule has 1 aromatic rings. The molecular weight excluding hydrogens is 374 g/mol. The van der Waals surface area contributed by atoms with Gasteiger partial charge in [-0.1, -0.05) is 44.5 Å². The van der Waals surface area contributed by atoms with Crippen molar-refractivity contribution in [2.45, 2.75) is 64.6 Å². The van der Waals surface area contributed by atoms with E-state index in [1.807, 2.05) is 29.2 Å². The molecule has 2 aliphatic heterocycles. The summed E-state index contributed by atoms with van der Waals surface area (Å²) in [5.74, 6) is 0.506. The normalized spacial score (nSPS) is 22.8. The quantitative estimate of drug-likeness (QED) is 0.788. The SMILES string of the molecule is CCCN1C(=O)[C@H](CC(C)C)NC(=O)C12CCN(Cc1ccc(Cl)cc1)CC2. The molecule has 154 valence electrons. The summed E-state index contributed by atoms with van der Waals surface area (Å²) in [5.41, 5.74) is 0.531. The number of benzene rings is 1. The molecule has 2 amide bonds. The van der Waals surface area contributed by atoms with Crippen LogP contribution in [0.15, 0.2) is 24.3 Å². The largest absolute Gasteiger partial charge is 0.342 e. The maximum absolute atomic E-state index is 13.2. The Balaban J connectivity index is 1.71. The minimum Gasteiger partial charge on any atom is -0.342 e. The first-order valence-corrected chi connectivity index (χ1v) is 10.8. The van der Waals surface area contributed by atoms with Crippen LogP contribution in [-0.4, -0.2) is 52.8 Å². The van der Waals surface area contributed by atoms with Gasteiger partial charge >= 0.3 is 0 Å². The summed E-state index contributed by atoms with van der Waals surface area (Å²) in [6.45, 7) is 9.34. The number of carbonyl (C=O) groups excluding carboxylic acids is 2. The van der Waals surface area contributed by atoms with E-state index < -0.39 is 5.54 Å². The fourth-order valence-corrected chi connectivity index (χ4v) is 4.61. The number of piperazine rings is 1. The maximum Gasteiger partial charge on any atom is 0.246 e. The first kappa shape index (κ1) is 21.1. The van der Waals surface area contributed by atoms with E-state index in [4.69, 9.17) is 11.6 Å². The van der Waals surface area contributed by atoms with Gasteiger partial charge in [-0.15, -0.1) is 0 Å². The predicted octanol–water partition coefficient (Wildman–Crippen LogP) is 3.46. The summed E-state index contributed by atoms with van der Waals surface area (Å²) >= 11 is 5.97. The number of amides is 2. The third kappa shape index (κ3) is 4.36. The van der Waals surface area contributed by atoms with Crippen LogP contribution < -0.4 is 5.32 Å². The van der Waals surface area contributed by atoms with Crippen molar-refractivity contribution in [2.24, 2.45) is 5.92 Å². The number of hydrogen-bond donors (Lipinski definition) is 1. The standard InChI is InChI=1S/C22H32ClN3O2/c1-4-11-26-20(27)19(14-16(2)3)24-21(28)22(26)9-12-25(13-10-22)15-17-5-7-18(23)8-6-17/h5-8,16,19H,4,9-15H2,1-3H3,(H,24,28)/t19-/m0/s1. The molecule has 0 aliphatic carbocycles. The Kier molecular flexibility index (Phi) is 6.66. The summed E-state index contributed by atoms with van der Waals surface area (Å²) in [7, 11) is 0. The highest BCUT2D eigenvalue weighted by Gasteiger charge is 2.53. The van der Waals surface area contributed by atoms with Crippen LogP contribution in [0.1, 0.15) is 52.0 Å². The fraction of sp³-hybridized carbons (Fsp3) is 0.636. The molecule has 2 aliphatic rings. The first-order chi connectivity index (χ1) is 13.4. The van der Waals surface area contributed by atoms with Gasteiger partial charge in [-0.3, -0.25) is 14.5 Å². The number of nitrogens with zero attached hydrogens (tertiary/aromatic N) is 2. The van der Waals surface area contributed by atoms with Crippen LogP contribution in [0.25, 0.3) is 0 Å². The van der Waals surface area contributed by atoms with Crippen molar-refractivity contribution in [1.82, 2.24) is 15.1 Å². The van der Waals surface area contributed by atoms with Crippen molar-refractivity contribution in [3.05, 3.63) is 34.9 Å². The Morgan fingerprint density at radius 1 is 1.18 bits per heavy atom. The summed E-state index contributed by atoms with van der Waals surface area (Å²) in [6.07, 6.45) is 2.94. The van der Waals surface area contributed by atoms with Crippen molar-refractivity contribution < 1.29 is 9.59 Å². The molecule has 5 nitrogen and oxygen atoms in total. The second kappa shape index (κ2) is 8.83. The average Bonchev–Trinajstić information content (AvgIpc) is 2.66. The van der Waals surface area contributed by atoms with Crippen LogP contribution in [0, 0.1) is 5.92 Å². The Bertz CT molecular complexity index is 696. The van der Waals surface area contributed by atoms with Crippen molar-refractivity contribution in [3.63, 3.8) is 0 Å². The number of hydrogen-bond acceptors (Lipinski definition) is 3. The number of nitrogens with one attached hydrogen (secondary N) is 1. The highest BCUT2D eigenvalue weighted by Crippen LogP contribution is 2.34.